The number of hydrogen-bond donors (Lipinski definition) is 9. The van der Waals surface area contributed by atoms with Crippen LogP contribution in [0.3, 0.4) is 0 Å². The number of aromatic hydroxyl groups is 9. The summed E-state index contributed by atoms with van der Waals surface area (Å²) in [5, 5.41) is 107. The van der Waals surface area contributed by atoms with Gasteiger partial charge in [-0.25, -0.2) is 0 Å². The maximum absolute atomic E-state index is 12.4. The van der Waals surface area contributed by atoms with Gasteiger partial charge in [0.1, 0.15) is 5.75 Å². The maximum atomic E-state index is 12.4. The molecule has 63 heavy (non-hydrogen) atoms. The minimum absolute atomic E-state index is 0.215. The summed E-state index contributed by atoms with van der Waals surface area (Å²) in [5.74, 6) is -8.23. The Kier molecular flexibility index (Phi) is 7.15. The Morgan fingerprint density at radius 1 is 0.254 bits per heavy atom. The second-order valence-electron chi connectivity index (χ2n) is 15.7. The maximum Gasteiger partial charge on any atom is 0.208 e. The van der Waals surface area contributed by atoms with Crippen LogP contribution in [-0.2, 0) is 0 Å². The number of phenols is 9. The van der Waals surface area contributed by atoms with Gasteiger partial charge in [-0.05, 0) is 89.1 Å². The van der Waals surface area contributed by atoms with Crippen molar-refractivity contribution in [1.29, 1.82) is 0 Å². The Hall–Kier alpha value is -8.96. The highest BCUT2D eigenvalue weighted by molar-refractivity contribution is 6.30. The molecule has 0 aliphatic heterocycles. The molecule has 0 spiro atoms. The molecule has 11 heteroatoms. The number of rotatable bonds is 3. The van der Waals surface area contributed by atoms with Crippen molar-refractivity contribution in [2.24, 2.45) is 0 Å². The van der Waals surface area contributed by atoms with Crippen LogP contribution in [0.5, 0.6) is 51.7 Å². The van der Waals surface area contributed by atoms with E-state index < -0.39 is 79.3 Å². The highest BCUT2D eigenvalue weighted by Gasteiger charge is 2.34. The molecular formula is C52H30O11. The molecule has 0 saturated heterocycles. The van der Waals surface area contributed by atoms with Crippen molar-refractivity contribution in [3.05, 3.63) is 127 Å². The van der Waals surface area contributed by atoms with E-state index in [0.29, 0.717) is 0 Å². The smallest absolute Gasteiger partial charge is 0.208 e. The molecule has 2 aromatic heterocycles. The Balaban J connectivity index is 1.21. The van der Waals surface area contributed by atoms with Crippen molar-refractivity contribution in [1.82, 2.24) is 0 Å². The zero-order valence-corrected chi connectivity index (χ0v) is 32.5. The summed E-state index contributed by atoms with van der Waals surface area (Å²) < 4.78 is 11.7. The van der Waals surface area contributed by atoms with Crippen molar-refractivity contribution in [2.75, 3.05) is 0 Å². The van der Waals surface area contributed by atoms with Gasteiger partial charge in [0.05, 0.1) is 27.1 Å². The minimum atomic E-state index is -1.12. The first-order valence-electron chi connectivity index (χ1n) is 19.8. The van der Waals surface area contributed by atoms with Gasteiger partial charge in [0.2, 0.25) is 28.7 Å². The number of phenolic OH excluding ortho intramolecular Hbond substituents is 9. The summed E-state index contributed by atoms with van der Waals surface area (Å²) in [6, 6.07) is 42.4. The molecule has 10 aromatic carbocycles. The molecule has 0 atom stereocenters. The summed E-state index contributed by atoms with van der Waals surface area (Å²) in [6.07, 6.45) is 0. The molecule has 0 unspecified atom stereocenters. The average molecular weight is 831 g/mol. The first kappa shape index (κ1) is 35.9. The predicted octanol–water partition coefficient (Wildman–Crippen LogP) is 12.4. The lowest BCUT2D eigenvalue weighted by Gasteiger charge is -2.20. The monoisotopic (exact) mass is 830 g/mol. The zero-order chi connectivity index (χ0) is 43.2. The van der Waals surface area contributed by atoms with E-state index in [0.717, 1.165) is 65.3 Å². The number of hydrogen-bond acceptors (Lipinski definition) is 11. The van der Waals surface area contributed by atoms with Crippen LogP contribution in [0.4, 0.5) is 0 Å². The van der Waals surface area contributed by atoms with E-state index in [1.807, 2.05) is 60.7 Å². The van der Waals surface area contributed by atoms with Crippen molar-refractivity contribution in [3.63, 3.8) is 0 Å². The lowest BCUT2D eigenvalue weighted by molar-refractivity contribution is 0.348. The van der Waals surface area contributed by atoms with Crippen LogP contribution in [0.25, 0.3) is 120 Å². The first-order chi connectivity index (χ1) is 30.5. The van der Waals surface area contributed by atoms with E-state index in [-0.39, 0.29) is 27.5 Å². The molecule has 12 aromatic rings. The second-order valence-corrected chi connectivity index (χ2v) is 15.7. The summed E-state index contributed by atoms with van der Waals surface area (Å²) >= 11 is 0. The Bertz CT molecular complexity index is 4030. The molecule has 0 saturated carbocycles. The highest BCUT2D eigenvalue weighted by Crippen LogP contribution is 2.60. The molecule has 0 bridgehead atoms. The molecule has 0 radical (unpaired) electrons. The van der Waals surface area contributed by atoms with Crippen molar-refractivity contribution < 1.29 is 54.8 Å². The lowest BCUT2D eigenvalue weighted by Crippen LogP contribution is -1.92. The van der Waals surface area contributed by atoms with Gasteiger partial charge in [-0.3, -0.25) is 0 Å². The summed E-state index contributed by atoms with van der Waals surface area (Å²) in [6.45, 7) is 0. The topological polar surface area (TPSA) is 208 Å². The molecular weight excluding hydrogens is 801 g/mol. The molecule has 11 nitrogen and oxygen atoms in total. The van der Waals surface area contributed by atoms with Gasteiger partial charge in [-0.1, -0.05) is 109 Å². The van der Waals surface area contributed by atoms with E-state index in [1.165, 1.54) is 0 Å². The molecule has 9 N–H and O–H groups in total. The van der Waals surface area contributed by atoms with Gasteiger partial charge in [-0.2, -0.15) is 0 Å². The summed E-state index contributed by atoms with van der Waals surface area (Å²) in [7, 11) is 0. The van der Waals surface area contributed by atoms with Gasteiger partial charge in [0, 0.05) is 0 Å². The quantitative estimate of drug-likeness (QED) is 0.0465. The van der Waals surface area contributed by atoms with Crippen LogP contribution in [0.15, 0.2) is 136 Å². The van der Waals surface area contributed by atoms with E-state index in [4.69, 9.17) is 8.83 Å². The average Bonchev–Trinajstić information content (AvgIpc) is 3.91. The fraction of sp³-hybridized carbons (Fsp3) is 0. The van der Waals surface area contributed by atoms with Crippen molar-refractivity contribution >= 4 is 87.0 Å². The van der Waals surface area contributed by atoms with Gasteiger partial charge < -0.3 is 54.8 Å². The van der Waals surface area contributed by atoms with Crippen molar-refractivity contribution in [3.8, 4) is 85.1 Å². The van der Waals surface area contributed by atoms with Crippen molar-refractivity contribution in [2.45, 2.75) is 0 Å². The third-order valence-electron chi connectivity index (χ3n) is 12.4. The number of furan rings is 2. The van der Waals surface area contributed by atoms with E-state index in [1.54, 1.807) is 6.07 Å². The van der Waals surface area contributed by atoms with Gasteiger partial charge in [0.15, 0.2) is 39.6 Å². The molecule has 12 rings (SSSR count). The van der Waals surface area contributed by atoms with Crippen LogP contribution in [0.2, 0.25) is 0 Å². The largest absolute Gasteiger partial charge is 0.506 e. The third-order valence-corrected chi connectivity index (χ3v) is 12.4. The summed E-state index contributed by atoms with van der Waals surface area (Å²) in [5.41, 5.74) is 1.84. The Morgan fingerprint density at radius 3 is 1.27 bits per heavy atom. The highest BCUT2D eigenvalue weighted by atomic mass is 16.4. The minimum Gasteiger partial charge on any atom is -0.506 e. The molecule has 2 heterocycles. The molecule has 304 valence electrons. The second kappa shape index (κ2) is 12.5. The molecule has 0 aliphatic carbocycles. The van der Waals surface area contributed by atoms with Crippen LogP contribution < -0.4 is 0 Å². The van der Waals surface area contributed by atoms with Gasteiger partial charge in [-0.15, -0.1) is 0 Å². The van der Waals surface area contributed by atoms with Crippen LogP contribution in [0.1, 0.15) is 0 Å². The van der Waals surface area contributed by atoms with E-state index in [9.17, 15) is 46.0 Å². The fourth-order valence-corrected chi connectivity index (χ4v) is 9.49. The SMILES string of the molecule is Oc1c(O)c(O)c2c(oc3c2c(O)c(O)c2oc4c(O)c(O)c(-c5ccc6c(-c7ccc8ccccc8c7)c7ccccc7c(-c7ccc8ccccc8c7)c6c5)c(O)c4c23)c1O. The normalized spacial score (nSPS) is 12.1. The van der Waals surface area contributed by atoms with E-state index in [2.05, 4.69) is 60.7 Å². The standard InChI is InChI=1S/C52H30O11/c53-40-35(41(54)46(59)51-38(40)39-49-36(43(56)47(60)52(39)63-51)37-42(55)44(57)45(58)48(61)50(37)62-49)28-17-18-31-32(21-28)34(27-16-14-23-8-2-4-10-25(23)20-27)30-12-6-5-11-29(30)33(31)26-15-13-22-7-1-3-9-24(22)19-26/h1-21,53-61H. The predicted molar refractivity (Wildman–Crippen MR) is 242 cm³/mol. The Morgan fingerprint density at radius 2 is 0.651 bits per heavy atom. The number of fused-ring (bicyclic) bond motifs is 11. The van der Waals surface area contributed by atoms with Crippen LogP contribution in [-0.4, -0.2) is 46.0 Å². The van der Waals surface area contributed by atoms with Gasteiger partial charge in [0.25, 0.3) is 0 Å². The van der Waals surface area contributed by atoms with E-state index >= 15 is 0 Å². The zero-order valence-electron chi connectivity index (χ0n) is 32.5. The van der Waals surface area contributed by atoms with Gasteiger partial charge >= 0.3 is 0 Å². The number of benzene rings is 10. The Labute approximate surface area is 353 Å². The fourth-order valence-electron chi connectivity index (χ4n) is 9.49. The first-order valence-corrected chi connectivity index (χ1v) is 19.8. The molecule has 0 fully saturated rings. The lowest BCUT2D eigenvalue weighted by atomic mass is 9.84. The third kappa shape index (κ3) is 4.72. The summed E-state index contributed by atoms with van der Waals surface area (Å²) in [4.78, 5) is 0. The van der Waals surface area contributed by atoms with Crippen LogP contribution >= 0.6 is 0 Å². The molecule has 0 aliphatic rings. The van der Waals surface area contributed by atoms with Crippen LogP contribution in [0, 0.1) is 0 Å². The molecule has 0 amide bonds.